The van der Waals surface area contributed by atoms with E-state index in [9.17, 15) is 0 Å². The van der Waals surface area contributed by atoms with Gasteiger partial charge in [-0.2, -0.15) is 0 Å². The normalized spacial score (nSPS) is 36.0. The molecule has 0 aromatic carbocycles. The van der Waals surface area contributed by atoms with E-state index in [2.05, 4.69) is 19.2 Å². The average Bonchev–Trinajstić information content (AvgIpc) is 2.77. The second kappa shape index (κ2) is 6.02. The smallest absolute Gasteiger partial charge is 0.0619 e. The summed E-state index contributed by atoms with van der Waals surface area (Å²) in [6, 6.07) is 1.46. The van der Waals surface area contributed by atoms with Gasteiger partial charge in [0.05, 0.1) is 6.10 Å². The van der Waals surface area contributed by atoms with Crippen molar-refractivity contribution in [2.45, 2.75) is 77.0 Å². The lowest BCUT2D eigenvalue weighted by molar-refractivity contribution is 0.0507. The van der Waals surface area contributed by atoms with Crippen LogP contribution >= 0.6 is 0 Å². The first-order valence-electron chi connectivity index (χ1n) is 7.22. The number of hydrogen-bond donors (Lipinski definition) is 1. The van der Waals surface area contributed by atoms with Crippen molar-refractivity contribution in [1.29, 1.82) is 0 Å². The van der Waals surface area contributed by atoms with Gasteiger partial charge < -0.3 is 10.1 Å². The maximum absolute atomic E-state index is 5.82. The Hall–Kier alpha value is -0.0800. The molecule has 4 atom stereocenters. The van der Waals surface area contributed by atoms with Crippen LogP contribution < -0.4 is 5.32 Å². The van der Waals surface area contributed by atoms with Gasteiger partial charge >= 0.3 is 0 Å². The highest BCUT2D eigenvalue weighted by molar-refractivity contribution is 4.91. The quantitative estimate of drug-likeness (QED) is 0.776. The van der Waals surface area contributed by atoms with Crippen LogP contribution in [0.1, 0.15) is 58.8 Å². The van der Waals surface area contributed by atoms with Crippen molar-refractivity contribution in [2.24, 2.45) is 5.92 Å². The molecule has 1 N–H and O–H groups in total. The second-order valence-corrected chi connectivity index (χ2v) is 5.46. The zero-order valence-corrected chi connectivity index (χ0v) is 10.9. The molecule has 0 radical (unpaired) electrons. The van der Waals surface area contributed by atoms with E-state index in [-0.39, 0.29) is 0 Å². The highest BCUT2D eigenvalue weighted by Crippen LogP contribution is 2.34. The molecule has 2 heteroatoms. The molecule has 2 nitrogen and oxygen atoms in total. The zero-order valence-electron chi connectivity index (χ0n) is 10.9. The number of ether oxygens (including phenoxy) is 1. The summed E-state index contributed by atoms with van der Waals surface area (Å²) in [7, 11) is 0. The van der Waals surface area contributed by atoms with Gasteiger partial charge in [-0.1, -0.05) is 20.3 Å². The van der Waals surface area contributed by atoms with E-state index in [0.29, 0.717) is 6.10 Å². The molecular weight excluding hydrogens is 198 g/mol. The molecule has 94 valence electrons. The van der Waals surface area contributed by atoms with Gasteiger partial charge in [-0.3, -0.25) is 0 Å². The third kappa shape index (κ3) is 2.78. The number of rotatable bonds is 5. The SMILES string of the molecule is CCCC(CC)NC1CCCC2OCCC12. The van der Waals surface area contributed by atoms with Gasteiger partial charge in [0.2, 0.25) is 0 Å². The largest absolute Gasteiger partial charge is 0.378 e. The lowest BCUT2D eigenvalue weighted by atomic mass is 9.81. The van der Waals surface area contributed by atoms with E-state index in [1.54, 1.807) is 0 Å². The Morgan fingerprint density at radius 3 is 2.88 bits per heavy atom. The fourth-order valence-electron chi connectivity index (χ4n) is 3.44. The lowest BCUT2D eigenvalue weighted by Crippen LogP contribution is -2.47. The molecule has 0 aromatic heterocycles. The first-order valence-corrected chi connectivity index (χ1v) is 7.22. The van der Waals surface area contributed by atoms with Crippen LogP contribution in [0.4, 0.5) is 0 Å². The fraction of sp³-hybridized carbons (Fsp3) is 1.00. The minimum Gasteiger partial charge on any atom is -0.378 e. The first-order chi connectivity index (χ1) is 7.85. The summed E-state index contributed by atoms with van der Waals surface area (Å²) in [4.78, 5) is 0. The van der Waals surface area contributed by atoms with Crippen LogP contribution in [0.5, 0.6) is 0 Å². The molecule has 1 aliphatic heterocycles. The summed E-state index contributed by atoms with van der Waals surface area (Å²) in [5, 5.41) is 3.90. The van der Waals surface area contributed by atoms with Crippen molar-refractivity contribution in [2.75, 3.05) is 6.61 Å². The summed E-state index contributed by atoms with van der Waals surface area (Å²) in [6.07, 6.45) is 9.76. The van der Waals surface area contributed by atoms with E-state index < -0.39 is 0 Å². The Kier molecular flexibility index (Phi) is 4.66. The topological polar surface area (TPSA) is 21.3 Å². The molecule has 1 saturated heterocycles. The molecule has 1 heterocycles. The third-order valence-electron chi connectivity index (χ3n) is 4.36. The third-order valence-corrected chi connectivity index (χ3v) is 4.36. The van der Waals surface area contributed by atoms with Crippen molar-refractivity contribution < 1.29 is 4.74 Å². The summed E-state index contributed by atoms with van der Waals surface area (Å²) >= 11 is 0. The predicted molar refractivity (Wildman–Crippen MR) is 67.6 cm³/mol. The molecule has 0 bridgehead atoms. The van der Waals surface area contributed by atoms with Gasteiger partial charge in [-0.05, 0) is 38.5 Å². The monoisotopic (exact) mass is 225 g/mol. The Morgan fingerprint density at radius 2 is 2.12 bits per heavy atom. The van der Waals surface area contributed by atoms with Crippen LogP contribution in [0.25, 0.3) is 0 Å². The molecule has 4 unspecified atom stereocenters. The van der Waals surface area contributed by atoms with Crippen LogP contribution in [-0.4, -0.2) is 24.8 Å². The van der Waals surface area contributed by atoms with Crippen molar-refractivity contribution in [3.63, 3.8) is 0 Å². The van der Waals surface area contributed by atoms with Crippen LogP contribution in [0.15, 0.2) is 0 Å². The summed E-state index contributed by atoms with van der Waals surface area (Å²) in [5.74, 6) is 0.805. The van der Waals surface area contributed by atoms with Gasteiger partial charge in [0.1, 0.15) is 0 Å². The van der Waals surface area contributed by atoms with Crippen LogP contribution in [-0.2, 0) is 4.74 Å². The number of fused-ring (bicyclic) bond motifs is 1. The number of hydrogen-bond acceptors (Lipinski definition) is 2. The van der Waals surface area contributed by atoms with Crippen LogP contribution in [0.2, 0.25) is 0 Å². The first kappa shape index (κ1) is 12.4. The van der Waals surface area contributed by atoms with Gasteiger partial charge in [0.25, 0.3) is 0 Å². The molecule has 0 amide bonds. The van der Waals surface area contributed by atoms with Crippen molar-refractivity contribution in [1.82, 2.24) is 5.32 Å². The van der Waals surface area contributed by atoms with Gasteiger partial charge in [0.15, 0.2) is 0 Å². The van der Waals surface area contributed by atoms with Crippen LogP contribution in [0, 0.1) is 5.92 Å². The maximum atomic E-state index is 5.82. The molecule has 2 fully saturated rings. The Bertz CT molecular complexity index is 207. The Balaban J connectivity index is 1.87. The predicted octanol–water partition coefficient (Wildman–Crippen LogP) is 3.11. The average molecular weight is 225 g/mol. The molecular formula is C14H27NO. The highest BCUT2D eigenvalue weighted by atomic mass is 16.5. The summed E-state index contributed by atoms with van der Waals surface area (Å²) < 4.78 is 5.82. The van der Waals surface area contributed by atoms with Crippen LogP contribution in [0.3, 0.4) is 0 Å². The fourth-order valence-corrected chi connectivity index (χ4v) is 3.44. The summed E-state index contributed by atoms with van der Waals surface area (Å²) in [5.41, 5.74) is 0. The van der Waals surface area contributed by atoms with E-state index >= 15 is 0 Å². The van der Waals surface area contributed by atoms with Gasteiger partial charge in [-0.25, -0.2) is 0 Å². The van der Waals surface area contributed by atoms with Crippen molar-refractivity contribution in [3.8, 4) is 0 Å². The van der Waals surface area contributed by atoms with Gasteiger partial charge in [-0.15, -0.1) is 0 Å². The highest BCUT2D eigenvalue weighted by Gasteiger charge is 2.37. The standard InChI is InChI=1S/C14H27NO/c1-3-6-11(4-2)15-13-7-5-8-14-12(13)9-10-16-14/h11-15H,3-10H2,1-2H3. The molecule has 2 aliphatic rings. The molecule has 0 aromatic rings. The van der Waals surface area contributed by atoms with E-state index in [1.165, 1.54) is 44.9 Å². The summed E-state index contributed by atoms with van der Waals surface area (Å²) in [6.45, 7) is 5.59. The van der Waals surface area contributed by atoms with Gasteiger partial charge in [0, 0.05) is 24.6 Å². The second-order valence-electron chi connectivity index (χ2n) is 5.46. The molecule has 16 heavy (non-hydrogen) atoms. The Labute approximate surface area is 100 Å². The lowest BCUT2D eigenvalue weighted by Gasteiger charge is -2.36. The molecule has 1 saturated carbocycles. The van der Waals surface area contributed by atoms with E-state index in [0.717, 1.165) is 24.6 Å². The Morgan fingerprint density at radius 1 is 1.25 bits per heavy atom. The minimum absolute atomic E-state index is 0.574. The number of nitrogens with one attached hydrogen (secondary N) is 1. The zero-order chi connectivity index (χ0) is 11.4. The van der Waals surface area contributed by atoms with Crippen molar-refractivity contribution >= 4 is 0 Å². The molecule has 1 aliphatic carbocycles. The molecule has 2 rings (SSSR count). The molecule has 0 spiro atoms. The van der Waals surface area contributed by atoms with E-state index in [1.807, 2.05) is 0 Å². The maximum Gasteiger partial charge on any atom is 0.0619 e. The minimum atomic E-state index is 0.574. The van der Waals surface area contributed by atoms with Crippen molar-refractivity contribution in [3.05, 3.63) is 0 Å². The van der Waals surface area contributed by atoms with E-state index in [4.69, 9.17) is 4.74 Å².